The van der Waals surface area contributed by atoms with Crippen LogP contribution in [-0.2, 0) is 9.47 Å². The number of methoxy groups -OCH3 is 2. The summed E-state index contributed by atoms with van der Waals surface area (Å²) in [5, 5.41) is 1.43. The standard InChI is InChI=1S/C13H17O2P/c1-8-7-16-13(9(8)2)10-5-6-11(14-3)12(10)15-4/h6-7,16H,5H2,1-4H3. The van der Waals surface area contributed by atoms with E-state index in [2.05, 4.69) is 25.7 Å². The third-order valence-electron chi connectivity index (χ3n) is 3.11. The molecule has 0 fully saturated rings. The highest BCUT2D eigenvalue weighted by Gasteiger charge is 2.22. The molecular formula is C13H17O2P. The molecule has 0 saturated carbocycles. The molecule has 2 rings (SSSR count). The molecule has 0 amide bonds. The lowest BCUT2D eigenvalue weighted by Gasteiger charge is -2.09. The van der Waals surface area contributed by atoms with Gasteiger partial charge in [0.2, 0.25) is 0 Å². The molecule has 3 heteroatoms. The van der Waals surface area contributed by atoms with E-state index in [1.165, 1.54) is 22.0 Å². The molecule has 0 saturated heterocycles. The second-order valence-electron chi connectivity index (χ2n) is 3.96. The molecule has 1 aliphatic carbocycles. The van der Waals surface area contributed by atoms with E-state index in [0.717, 1.165) is 26.1 Å². The summed E-state index contributed by atoms with van der Waals surface area (Å²) >= 11 is 0. The van der Waals surface area contributed by atoms with Gasteiger partial charge in [-0.2, -0.15) is 0 Å². The number of allylic oxidation sites excluding steroid dienone is 2. The molecule has 1 unspecified atom stereocenters. The van der Waals surface area contributed by atoms with Crippen molar-refractivity contribution in [1.82, 2.24) is 0 Å². The molecule has 0 spiro atoms. The van der Waals surface area contributed by atoms with Gasteiger partial charge in [0.25, 0.3) is 0 Å². The highest BCUT2D eigenvalue weighted by atomic mass is 31.0. The SMILES string of the molecule is COC1=CCC(c2[pH]cc(C)c2C)=C1OC. The summed E-state index contributed by atoms with van der Waals surface area (Å²) < 4.78 is 10.8. The number of rotatable bonds is 3. The summed E-state index contributed by atoms with van der Waals surface area (Å²) in [7, 11) is 4.17. The van der Waals surface area contributed by atoms with Gasteiger partial charge in [0.05, 0.1) is 14.2 Å². The zero-order chi connectivity index (χ0) is 11.7. The zero-order valence-corrected chi connectivity index (χ0v) is 11.2. The van der Waals surface area contributed by atoms with Gasteiger partial charge in [-0.25, -0.2) is 0 Å². The van der Waals surface area contributed by atoms with Crippen LogP contribution in [0.4, 0.5) is 0 Å². The second kappa shape index (κ2) is 4.39. The average Bonchev–Trinajstić information content (AvgIpc) is 2.83. The van der Waals surface area contributed by atoms with E-state index in [1.54, 1.807) is 14.2 Å². The maximum atomic E-state index is 5.46. The van der Waals surface area contributed by atoms with Crippen LogP contribution in [0.5, 0.6) is 0 Å². The van der Waals surface area contributed by atoms with Crippen LogP contribution >= 0.6 is 8.19 Å². The van der Waals surface area contributed by atoms with Crippen molar-refractivity contribution in [2.75, 3.05) is 14.2 Å². The highest BCUT2D eigenvalue weighted by molar-refractivity contribution is 7.31. The van der Waals surface area contributed by atoms with E-state index < -0.39 is 0 Å². The molecule has 1 aromatic heterocycles. The lowest BCUT2D eigenvalue weighted by atomic mass is 10.1. The zero-order valence-electron chi connectivity index (χ0n) is 10.2. The van der Waals surface area contributed by atoms with Crippen LogP contribution in [0.25, 0.3) is 5.57 Å². The van der Waals surface area contributed by atoms with E-state index >= 15 is 0 Å². The maximum Gasteiger partial charge on any atom is 0.164 e. The van der Waals surface area contributed by atoms with Crippen LogP contribution in [0.15, 0.2) is 23.4 Å². The van der Waals surface area contributed by atoms with Crippen molar-refractivity contribution in [2.45, 2.75) is 20.3 Å². The van der Waals surface area contributed by atoms with Crippen molar-refractivity contribution in [1.29, 1.82) is 0 Å². The van der Waals surface area contributed by atoms with Gasteiger partial charge in [-0.3, -0.25) is 0 Å². The molecule has 1 heterocycles. The van der Waals surface area contributed by atoms with Crippen molar-refractivity contribution < 1.29 is 9.47 Å². The Labute approximate surface area is 98.0 Å². The van der Waals surface area contributed by atoms with Gasteiger partial charge in [-0.1, -0.05) is 0 Å². The molecule has 0 aromatic carbocycles. The molecule has 0 bridgehead atoms. The van der Waals surface area contributed by atoms with Crippen LogP contribution in [0.1, 0.15) is 22.8 Å². The van der Waals surface area contributed by atoms with E-state index in [1.807, 2.05) is 0 Å². The summed E-state index contributed by atoms with van der Waals surface area (Å²) in [5.41, 5.74) is 4.08. The Balaban J connectivity index is 2.46. The number of aryl methyl sites for hydroxylation is 1. The predicted molar refractivity (Wildman–Crippen MR) is 69.1 cm³/mol. The Bertz CT molecular complexity index is 466. The first-order chi connectivity index (χ1) is 7.69. The number of hydrogen-bond donors (Lipinski definition) is 0. The molecule has 1 atom stereocenters. The first-order valence-electron chi connectivity index (χ1n) is 5.35. The minimum atomic E-state index is 0.765. The minimum absolute atomic E-state index is 0.765. The summed E-state index contributed by atoms with van der Waals surface area (Å²) in [6, 6.07) is 0. The Morgan fingerprint density at radius 3 is 2.44 bits per heavy atom. The van der Waals surface area contributed by atoms with Crippen LogP contribution in [0.3, 0.4) is 0 Å². The third-order valence-corrected chi connectivity index (χ3v) is 4.66. The fourth-order valence-electron chi connectivity index (χ4n) is 2.05. The fraction of sp³-hybridized carbons (Fsp3) is 0.385. The predicted octanol–water partition coefficient (Wildman–Crippen LogP) is 3.63. The molecule has 0 N–H and O–H groups in total. The number of hydrogen-bond acceptors (Lipinski definition) is 2. The molecular weight excluding hydrogens is 219 g/mol. The Kier molecular flexibility index (Phi) is 3.11. The van der Waals surface area contributed by atoms with Gasteiger partial charge in [-0.05, 0) is 43.3 Å². The van der Waals surface area contributed by atoms with E-state index in [4.69, 9.17) is 9.47 Å². The normalized spacial score (nSPS) is 15.9. The van der Waals surface area contributed by atoms with Gasteiger partial charge in [0.1, 0.15) is 0 Å². The first kappa shape index (κ1) is 11.3. The van der Waals surface area contributed by atoms with Crippen LogP contribution < -0.4 is 0 Å². The van der Waals surface area contributed by atoms with Crippen LogP contribution in [-0.4, -0.2) is 14.2 Å². The molecule has 0 aliphatic heterocycles. The first-order valence-corrected chi connectivity index (χ1v) is 6.43. The highest BCUT2D eigenvalue weighted by Crippen LogP contribution is 2.41. The van der Waals surface area contributed by atoms with Crippen molar-refractivity contribution >= 4 is 13.8 Å². The minimum Gasteiger partial charge on any atom is -0.493 e. The number of ether oxygens (including phenoxy) is 2. The average molecular weight is 236 g/mol. The molecule has 1 aromatic rings. The third kappa shape index (κ3) is 1.68. The fourth-order valence-corrected chi connectivity index (χ4v) is 3.43. The molecule has 1 aliphatic rings. The van der Waals surface area contributed by atoms with Crippen molar-refractivity contribution in [3.8, 4) is 0 Å². The van der Waals surface area contributed by atoms with Gasteiger partial charge in [-0.15, -0.1) is 8.19 Å². The van der Waals surface area contributed by atoms with Crippen LogP contribution in [0.2, 0.25) is 0 Å². The summed E-state index contributed by atoms with van der Waals surface area (Å²) in [4.78, 5) is 0. The summed E-state index contributed by atoms with van der Waals surface area (Å²) in [6.07, 6.45) is 3.01. The molecule has 0 radical (unpaired) electrons. The lowest BCUT2D eigenvalue weighted by molar-refractivity contribution is 0.224. The maximum absolute atomic E-state index is 5.46. The Hall–Kier alpha value is -1.14. The topological polar surface area (TPSA) is 18.5 Å². The quantitative estimate of drug-likeness (QED) is 0.797. The summed E-state index contributed by atoms with van der Waals surface area (Å²) in [5.74, 6) is 4.08. The second-order valence-corrected chi connectivity index (χ2v) is 5.04. The molecule has 86 valence electrons. The van der Waals surface area contributed by atoms with Crippen molar-refractivity contribution in [3.05, 3.63) is 39.8 Å². The lowest BCUT2D eigenvalue weighted by Crippen LogP contribution is -1.94. The van der Waals surface area contributed by atoms with Crippen molar-refractivity contribution in [3.63, 3.8) is 0 Å². The van der Waals surface area contributed by atoms with Crippen LogP contribution in [0, 0.1) is 13.8 Å². The van der Waals surface area contributed by atoms with Crippen molar-refractivity contribution in [2.24, 2.45) is 0 Å². The van der Waals surface area contributed by atoms with Gasteiger partial charge in [0.15, 0.2) is 11.5 Å². The van der Waals surface area contributed by atoms with E-state index in [-0.39, 0.29) is 0 Å². The molecule has 16 heavy (non-hydrogen) atoms. The monoisotopic (exact) mass is 236 g/mol. The molecule has 2 nitrogen and oxygen atoms in total. The van der Waals surface area contributed by atoms with Gasteiger partial charge in [0, 0.05) is 10.9 Å². The smallest absolute Gasteiger partial charge is 0.164 e. The van der Waals surface area contributed by atoms with E-state index in [0.29, 0.717) is 0 Å². The largest absolute Gasteiger partial charge is 0.493 e. The van der Waals surface area contributed by atoms with E-state index in [9.17, 15) is 0 Å². The Morgan fingerprint density at radius 2 is 1.94 bits per heavy atom. The van der Waals surface area contributed by atoms with Gasteiger partial charge < -0.3 is 9.47 Å². The van der Waals surface area contributed by atoms with Gasteiger partial charge >= 0.3 is 0 Å². The Morgan fingerprint density at radius 1 is 1.19 bits per heavy atom. The summed E-state index contributed by atoms with van der Waals surface area (Å²) in [6.45, 7) is 4.36.